The number of amides is 2. The van der Waals surface area contributed by atoms with E-state index in [4.69, 9.17) is 5.73 Å². The van der Waals surface area contributed by atoms with Gasteiger partial charge in [0, 0.05) is 33.1 Å². The largest absolute Gasteiger partial charge is 0.396 e. The van der Waals surface area contributed by atoms with E-state index in [1.165, 1.54) is 11.8 Å². The van der Waals surface area contributed by atoms with Crippen molar-refractivity contribution in [1.29, 1.82) is 0 Å². The molecule has 1 heterocycles. The van der Waals surface area contributed by atoms with Crippen LogP contribution in [0, 0.1) is 11.6 Å². The third-order valence-electron chi connectivity index (χ3n) is 3.31. The molecule has 1 saturated heterocycles. The molecule has 2 rings (SSSR count). The summed E-state index contributed by atoms with van der Waals surface area (Å²) in [4.78, 5) is 26.3. The summed E-state index contributed by atoms with van der Waals surface area (Å²) >= 11 is 0. The number of nitrogens with two attached hydrogens (primary N) is 1. The Hall–Kier alpha value is -2.18. The van der Waals surface area contributed by atoms with Crippen molar-refractivity contribution in [3.8, 4) is 0 Å². The Morgan fingerprint density at radius 3 is 2.20 bits per heavy atom. The van der Waals surface area contributed by atoms with Crippen LogP contribution >= 0.6 is 0 Å². The number of rotatable bonds is 1. The first kappa shape index (κ1) is 14.2. The molecule has 1 aliphatic rings. The molecule has 20 heavy (non-hydrogen) atoms. The van der Waals surface area contributed by atoms with Gasteiger partial charge in [0.05, 0.1) is 11.3 Å². The van der Waals surface area contributed by atoms with Gasteiger partial charge in [-0.25, -0.2) is 8.78 Å². The minimum Gasteiger partial charge on any atom is -0.396 e. The van der Waals surface area contributed by atoms with E-state index in [0.29, 0.717) is 13.1 Å². The number of hydrogen-bond acceptors (Lipinski definition) is 3. The highest BCUT2D eigenvalue weighted by Gasteiger charge is 2.26. The van der Waals surface area contributed by atoms with Crippen LogP contribution in [0.25, 0.3) is 0 Å². The molecule has 2 amide bonds. The monoisotopic (exact) mass is 283 g/mol. The number of hydrogen-bond donors (Lipinski definition) is 1. The zero-order valence-corrected chi connectivity index (χ0v) is 11.0. The number of carbonyl (C=O) groups excluding carboxylic acids is 2. The lowest BCUT2D eigenvalue weighted by Gasteiger charge is -2.34. The molecule has 0 aromatic heterocycles. The highest BCUT2D eigenvalue weighted by atomic mass is 19.1. The fraction of sp³-hybridized carbons (Fsp3) is 0.385. The van der Waals surface area contributed by atoms with Crippen LogP contribution in [0.3, 0.4) is 0 Å². The molecule has 0 aliphatic carbocycles. The smallest absolute Gasteiger partial charge is 0.257 e. The summed E-state index contributed by atoms with van der Waals surface area (Å²) in [5.74, 6) is -2.35. The van der Waals surface area contributed by atoms with Gasteiger partial charge >= 0.3 is 0 Å². The number of nitrogen functional groups attached to an aromatic ring is 1. The molecule has 0 unspecified atom stereocenters. The van der Waals surface area contributed by atoms with Gasteiger partial charge in [-0.05, 0) is 12.1 Å². The molecule has 7 heteroatoms. The molecule has 0 saturated carbocycles. The molecule has 1 aromatic carbocycles. The van der Waals surface area contributed by atoms with Crippen LogP contribution in [-0.4, -0.2) is 47.8 Å². The number of carbonyl (C=O) groups is 2. The van der Waals surface area contributed by atoms with Gasteiger partial charge in [0.2, 0.25) is 5.91 Å². The molecule has 1 aromatic rings. The maximum absolute atomic E-state index is 13.8. The lowest BCUT2D eigenvalue weighted by molar-refractivity contribution is -0.130. The van der Waals surface area contributed by atoms with E-state index in [9.17, 15) is 18.4 Å². The van der Waals surface area contributed by atoms with Gasteiger partial charge in [0.1, 0.15) is 5.82 Å². The fourth-order valence-corrected chi connectivity index (χ4v) is 2.16. The first-order valence-corrected chi connectivity index (χ1v) is 6.19. The second kappa shape index (κ2) is 5.44. The van der Waals surface area contributed by atoms with Crippen molar-refractivity contribution in [2.45, 2.75) is 6.92 Å². The minimum absolute atomic E-state index is 0.0710. The van der Waals surface area contributed by atoms with E-state index in [-0.39, 0.29) is 24.6 Å². The van der Waals surface area contributed by atoms with Crippen molar-refractivity contribution in [2.24, 2.45) is 0 Å². The maximum Gasteiger partial charge on any atom is 0.257 e. The summed E-state index contributed by atoms with van der Waals surface area (Å²) in [5.41, 5.74) is 4.54. The van der Waals surface area contributed by atoms with E-state index >= 15 is 0 Å². The zero-order chi connectivity index (χ0) is 14.9. The van der Waals surface area contributed by atoms with E-state index in [1.807, 2.05) is 0 Å². The van der Waals surface area contributed by atoms with Crippen molar-refractivity contribution >= 4 is 17.5 Å². The number of nitrogens with zero attached hydrogens (tertiary/aromatic N) is 2. The van der Waals surface area contributed by atoms with E-state index in [1.54, 1.807) is 4.90 Å². The van der Waals surface area contributed by atoms with Crippen LogP contribution in [0.15, 0.2) is 12.1 Å². The molecule has 0 spiro atoms. The Bertz CT molecular complexity index is 555. The van der Waals surface area contributed by atoms with Crippen LogP contribution in [-0.2, 0) is 4.79 Å². The molecule has 5 nitrogen and oxygen atoms in total. The van der Waals surface area contributed by atoms with Crippen LogP contribution in [0.5, 0.6) is 0 Å². The molecule has 2 N–H and O–H groups in total. The van der Waals surface area contributed by atoms with Crippen molar-refractivity contribution in [3.63, 3.8) is 0 Å². The number of piperazine rings is 1. The van der Waals surface area contributed by atoms with Crippen LogP contribution in [0.2, 0.25) is 0 Å². The molecule has 108 valence electrons. The van der Waals surface area contributed by atoms with Crippen molar-refractivity contribution in [3.05, 3.63) is 29.3 Å². The second-order valence-corrected chi connectivity index (χ2v) is 4.65. The van der Waals surface area contributed by atoms with Crippen LogP contribution < -0.4 is 5.73 Å². The van der Waals surface area contributed by atoms with Crippen molar-refractivity contribution in [2.75, 3.05) is 31.9 Å². The van der Waals surface area contributed by atoms with Crippen molar-refractivity contribution in [1.82, 2.24) is 9.80 Å². The van der Waals surface area contributed by atoms with Gasteiger partial charge in [-0.3, -0.25) is 9.59 Å². The summed E-state index contributed by atoms with van der Waals surface area (Å²) in [6.45, 7) is 2.79. The predicted octanol–water partition coefficient (Wildman–Crippen LogP) is 0.851. The molecular weight excluding hydrogens is 268 g/mol. The zero-order valence-electron chi connectivity index (χ0n) is 11.0. The summed E-state index contributed by atoms with van der Waals surface area (Å²) in [6, 6.07) is 1.67. The lowest BCUT2D eigenvalue weighted by Crippen LogP contribution is -2.50. The molecule has 1 fully saturated rings. The van der Waals surface area contributed by atoms with Gasteiger partial charge in [-0.2, -0.15) is 0 Å². The summed E-state index contributed by atoms with van der Waals surface area (Å²) in [7, 11) is 0. The summed E-state index contributed by atoms with van der Waals surface area (Å²) < 4.78 is 27.0. The first-order valence-electron chi connectivity index (χ1n) is 6.19. The Labute approximate surface area is 114 Å². The van der Waals surface area contributed by atoms with Crippen molar-refractivity contribution < 1.29 is 18.4 Å². The van der Waals surface area contributed by atoms with Gasteiger partial charge in [-0.1, -0.05) is 0 Å². The third-order valence-corrected chi connectivity index (χ3v) is 3.31. The Morgan fingerprint density at radius 1 is 1.10 bits per heavy atom. The summed E-state index contributed by atoms with van der Waals surface area (Å²) in [6.07, 6.45) is 0. The van der Waals surface area contributed by atoms with Crippen LogP contribution in [0.4, 0.5) is 14.5 Å². The third kappa shape index (κ3) is 2.71. The van der Waals surface area contributed by atoms with Gasteiger partial charge in [-0.15, -0.1) is 0 Å². The molecule has 1 aliphatic heterocycles. The quantitative estimate of drug-likeness (QED) is 0.777. The highest BCUT2D eigenvalue weighted by Crippen LogP contribution is 2.19. The number of halogens is 2. The highest BCUT2D eigenvalue weighted by molar-refractivity contribution is 5.95. The van der Waals surface area contributed by atoms with Crippen LogP contribution in [0.1, 0.15) is 17.3 Å². The standard InChI is InChI=1S/C13H15F2N3O2/c1-8(19)17-2-4-18(5-3-17)13(20)10-6-9(14)7-11(16)12(10)15/h6-7H,2-5,16H2,1H3. The normalized spacial score (nSPS) is 15.3. The molecule has 0 radical (unpaired) electrons. The Kier molecular flexibility index (Phi) is 3.87. The Balaban J connectivity index is 2.15. The average molecular weight is 283 g/mol. The second-order valence-electron chi connectivity index (χ2n) is 4.65. The van der Waals surface area contributed by atoms with E-state index < -0.39 is 23.2 Å². The van der Waals surface area contributed by atoms with Gasteiger partial charge in [0.15, 0.2) is 5.82 Å². The van der Waals surface area contributed by atoms with E-state index in [0.717, 1.165) is 12.1 Å². The maximum atomic E-state index is 13.8. The first-order chi connectivity index (χ1) is 9.40. The minimum atomic E-state index is -0.912. The molecule has 0 atom stereocenters. The topological polar surface area (TPSA) is 66.6 Å². The Morgan fingerprint density at radius 2 is 1.65 bits per heavy atom. The number of benzene rings is 1. The average Bonchev–Trinajstić information content (AvgIpc) is 2.42. The van der Waals surface area contributed by atoms with E-state index in [2.05, 4.69) is 0 Å². The predicted molar refractivity (Wildman–Crippen MR) is 68.9 cm³/mol. The number of anilines is 1. The SMILES string of the molecule is CC(=O)N1CCN(C(=O)c2cc(F)cc(N)c2F)CC1. The molecule has 0 bridgehead atoms. The van der Waals surface area contributed by atoms with Gasteiger partial charge in [0.25, 0.3) is 5.91 Å². The lowest BCUT2D eigenvalue weighted by atomic mass is 10.1. The van der Waals surface area contributed by atoms with Gasteiger partial charge < -0.3 is 15.5 Å². The summed E-state index contributed by atoms with van der Waals surface area (Å²) in [5, 5.41) is 0. The molecular formula is C13H15F2N3O2. The fourth-order valence-electron chi connectivity index (χ4n) is 2.16.